The topological polar surface area (TPSA) is 58.9 Å². The van der Waals surface area contributed by atoms with Crippen LogP contribution >= 0.6 is 12.2 Å². The second-order valence-electron chi connectivity index (χ2n) is 4.45. The predicted molar refractivity (Wildman–Crippen MR) is 83.9 cm³/mol. The fourth-order valence-electron chi connectivity index (χ4n) is 1.91. The Bertz CT molecular complexity index is 790. The van der Waals surface area contributed by atoms with Crippen LogP contribution in [0.1, 0.15) is 17.0 Å². The van der Waals surface area contributed by atoms with E-state index in [4.69, 9.17) is 12.2 Å². The van der Waals surface area contributed by atoms with Gasteiger partial charge in [-0.25, -0.2) is 0 Å². The van der Waals surface area contributed by atoms with Gasteiger partial charge in [0.05, 0.1) is 6.21 Å². The lowest BCUT2D eigenvalue weighted by atomic mass is 10.1. The molecular formula is C15H13N5S. The van der Waals surface area contributed by atoms with Crippen molar-refractivity contribution in [1.82, 2.24) is 19.9 Å². The average molecular weight is 295 g/mol. The van der Waals surface area contributed by atoms with E-state index in [0.29, 0.717) is 11.2 Å². The number of benzene rings is 1. The van der Waals surface area contributed by atoms with Gasteiger partial charge in [-0.1, -0.05) is 36.4 Å². The fraction of sp³-hybridized carbons (Fsp3) is 0.0667. The van der Waals surface area contributed by atoms with Gasteiger partial charge in [-0.05, 0) is 23.8 Å². The normalized spacial score (nSPS) is 11.0. The highest BCUT2D eigenvalue weighted by atomic mass is 32.1. The standard InChI is InChI=1S/C15H13N5S/c21-15-19-18-14(9-12-5-2-1-3-6-12)20(15)17-11-13-7-4-8-16-10-13/h1-8,10-11H,9H2,(H,19,21)/b17-11-. The minimum atomic E-state index is 0.473. The molecular weight excluding hydrogens is 282 g/mol. The van der Waals surface area contributed by atoms with Gasteiger partial charge in [0.2, 0.25) is 4.77 Å². The molecule has 0 spiro atoms. The van der Waals surface area contributed by atoms with Crippen LogP contribution in [0.25, 0.3) is 0 Å². The van der Waals surface area contributed by atoms with Crippen molar-refractivity contribution in [2.24, 2.45) is 5.10 Å². The van der Waals surface area contributed by atoms with Crippen LogP contribution in [0.15, 0.2) is 60.0 Å². The van der Waals surface area contributed by atoms with Crippen LogP contribution in [0.2, 0.25) is 0 Å². The number of rotatable bonds is 4. The van der Waals surface area contributed by atoms with E-state index < -0.39 is 0 Å². The number of hydrogen-bond donors (Lipinski definition) is 1. The van der Waals surface area contributed by atoms with Crippen LogP contribution in [0.5, 0.6) is 0 Å². The van der Waals surface area contributed by atoms with Crippen molar-refractivity contribution in [1.29, 1.82) is 0 Å². The van der Waals surface area contributed by atoms with Gasteiger partial charge in [0.1, 0.15) is 0 Å². The molecule has 1 aromatic carbocycles. The molecule has 5 nitrogen and oxygen atoms in total. The zero-order valence-corrected chi connectivity index (χ0v) is 12.0. The van der Waals surface area contributed by atoms with Crippen LogP contribution in [-0.4, -0.2) is 26.1 Å². The van der Waals surface area contributed by atoms with Crippen molar-refractivity contribution in [3.05, 3.63) is 76.6 Å². The van der Waals surface area contributed by atoms with Crippen molar-refractivity contribution < 1.29 is 0 Å². The molecule has 0 amide bonds. The van der Waals surface area contributed by atoms with Gasteiger partial charge in [-0.2, -0.15) is 14.9 Å². The highest BCUT2D eigenvalue weighted by molar-refractivity contribution is 7.71. The molecule has 0 aliphatic heterocycles. The third kappa shape index (κ3) is 3.29. The summed E-state index contributed by atoms with van der Waals surface area (Å²) in [7, 11) is 0. The van der Waals surface area contributed by atoms with E-state index in [2.05, 4.69) is 20.3 Å². The van der Waals surface area contributed by atoms with Crippen molar-refractivity contribution in [2.45, 2.75) is 6.42 Å². The van der Waals surface area contributed by atoms with E-state index in [1.54, 1.807) is 23.3 Å². The van der Waals surface area contributed by atoms with Crippen LogP contribution in [0.4, 0.5) is 0 Å². The zero-order chi connectivity index (χ0) is 14.5. The Morgan fingerprint density at radius 3 is 2.81 bits per heavy atom. The van der Waals surface area contributed by atoms with Gasteiger partial charge >= 0.3 is 0 Å². The first-order chi connectivity index (χ1) is 10.3. The Morgan fingerprint density at radius 1 is 1.19 bits per heavy atom. The summed E-state index contributed by atoms with van der Waals surface area (Å²) >= 11 is 5.22. The zero-order valence-electron chi connectivity index (χ0n) is 11.2. The molecule has 2 aromatic heterocycles. The summed E-state index contributed by atoms with van der Waals surface area (Å²) in [5.74, 6) is 0.770. The van der Waals surface area contributed by atoms with Crippen LogP contribution in [0.3, 0.4) is 0 Å². The number of nitrogens with zero attached hydrogens (tertiary/aromatic N) is 4. The minimum absolute atomic E-state index is 0.473. The fourth-order valence-corrected chi connectivity index (χ4v) is 2.11. The number of pyridine rings is 1. The van der Waals surface area contributed by atoms with Crippen molar-refractivity contribution in [3.8, 4) is 0 Å². The summed E-state index contributed by atoms with van der Waals surface area (Å²) in [6.45, 7) is 0. The van der Waals surface area contributed by atoms with Crippen molar-refractivity contribution in [3.63, 3.8) is 0 Å². The molecule has 3 aromatic rings. The SMILES string of the molecule is S=c1[nH]nc(Cc2ccccc2)n1/N=C\c1cccnc1. The molecule has 0 radical (unpaired) electrons. The lowest BCUT2D eigenvalue weighted by molar-refractivity contribution is 0.791. The number of nitrogens with one attached hydrogen (secondary N) is 1. The molecule has 0 saturated heterocycles. The molecule has 0 saturated carbocycles. The first-order valence-electron chi connectivity index (χ1n) is 6.47. The molecule has 0 unspecified atom stereocenters. The highest BCUT2D eigenvalue weighted by Crippen LogP contribution is 2.07. The van der Waals surface area contributed by atoms with E-state index in [1.807, 2.05) is 42.5 Å². The van der Waals surface area contributed by atoms with Gasteiger partial charge in [-0.15, -0.1) is 0 Å². The Hall–Kier alpha value is -2.60. The molecule has 6 heteroatoms. The van der Waals surface area contributed by atoms with Crippen molar-refractivity contribution >= 4 is 18.4 Å². The molecule has 1 N–H and O–H groups in total. The number of H-pyrrole nitrogens is 1. The van der Waals surface area contributed by atoms with Gasteiger partial charge in [0, 0.05) is 24.4 Å². The molecule has 0 atom stereocenters. The van der Waals surface area contributed by atoms with E-state index in [9.17, 15) is 0 Å². The first-order valence-corrected chi connectivity index (χ1v) is 6.88. The summed E-state index contributed by atoms with van der Waals surface area (Å²) < 4.78 is 2.11. The Morgan fingerprint density at radius 2 is 2.05 bits per heavy atom. The third-order valence-corrected chi connectivity index (χ3v) is 3.19. The second-order valence-corrected chi connectivity index (χ2v) is 4.84. The van der Waals surface area contributed by atoms with E-state index >= 15 is 0 Å². The molecule has 0 aliphatic rings. The minimum Gasteiger partial charge on any atom is -0.264 e. The predicted octanol–water partition coefficient (Wildman–Crippen LogP) is 2.81. The van der Waals surface area contributed by atoms with Crippen molar-refractivity contribution in [2.75, 3.05) is 0 Å². The van der Waals surface area contributed by atoms with Crippen LogP contribution in [-0.2, 0) is 6.42 Å². The van der Waals surface area contributed by atoms with Gasteiger partial charge < -0.3 is 0 Å². The molecule has 104 valence electrons. The molecule has 0 bridgehead atoms. The Labute approximate surface area is 127 Å². The maximum absolute atomic E-state index is 5.22. The maximum atomic E-state index is 5.22. The molecule has 0 fully saturated rings. The summed E-state index contributed by atoms with van der Waals surface area (Å²) in [5.41, 5.74) is 2.07. The monoisotopic (exact) mass is 295 g/mol. The largest absolute Gasteiger partial charge is 0.264 e. The quantitative estimate of drug-likeness (QED) is 0.595. The maximum Gasteiger partial charge on any atom is 0.216 e. The van der Waals surface area contributed by atoms with Gasteiger partial charge in [0.25, 0.3) is 0 Å². The number of aromatic amines is 1. The molecule has 3 rings (SSSR count). The molecule has 2 heterocycles. The van der Waals surface area contributed by atoms with Crippen LogP contribution in [0, 0.1) is 4.77 Å². The van der Waals surface area contributed by atoms with E-state index in [-0.39, 0.29) is 0 Å². The summed E-state index contributed by atoms with van der Waals surface area (Å²) in [5, 5.41) is 11.4. The van der Waals surface area contributed by atoms with E-state index in [1.165, 1.54) is 0 Å². The smallest absolute Gasteiger partial charge is 0.216 e. The lowest BCUT2D eigenvalue weighted by Gasteiger charge is -2.01. The summed E-state index contributed by atoms with van der Waals surface area (Å²) in [6, 6.07) is 13.9. The van der Waals surface area contributed by atoms with E-state index in [0.717, 1.165) is 17.0 Å². The van der Waals surface area contributed by atoms with Crippen LogP contribution < -0.4 is 0 Å². The number of hydrogen-bond acceptors (Lipinski definition) is 4. The molecule has 21 heavy (non-hydrogen) atoms. The first kappa shape index (κ1) is 13.4. The lowest BCUT2D eigenvalue weighted by Crippen LogP contribution is -2.00. The Balaban J connectivity index is 1.87. The van der Waals surface area contributed by atoms with Gasteiger partial charge in [0.15, 0.2) is 5.82 Å². The third-order valence-electron chi connectivity index (χ3n) is 2.93. The highest BCUT2D eigenvalue weighted by Gasteiger charge is 2.05. The molecule has 0 aliphatic carbocycles. The second kappa shape index (κ2) is 6.23. The Kier molecular flexibility index (Phi) is 3.97. The average Bonchev–Trinajstić information content (AvgIpc) is 2.87. The summed E-state index contributed by atoms with van der Waals surface area (Å²) in [4.78, 5) is 4.05. The van der Waals surface area contributed by atoms with Gasteiger partial charge in [-0.3, -0.25) is 10.1 Å². The number of aromatic nitrogens is 4. The summed E-state index contributed by atoms with van der Waals surface area (Å²) in [6.07, 6.45) is 5.84.